The fourth-order valence-electron chi connectivity index (χ4n) is 7.34. The number of aryl methyl sites for hydroxylation is 4. The summed E-state index contributed by atoms with van der Waals surface area (Å²) < 4.78 is 4.31. The molecule has 0 N–H and O–H groups in total. The van der Waals surface area contributed by atoms with Crippen LogP contribution in [0.15, 0.2) is 147 Å². The van der Waals surface area contributed by atoms with Crippen LogP contribution in [0.5, 0.6) is 0 Å². The molecule has 2 aliphatic carbocycles. The summed E-state index contributed by atoms with van der Waals surface area (Å²) in [4.78, 5) is 115. The molecule has 14 nitrogen and oxygen atoms in total. The standard InChI is InChI=1S/C27H21N3O4S2.C15H13N3O4.C6H6S/c1-4-17-18-19(20-25(28-17)29(2)27(34)30(3)26(20)33)22(32)24(36-16-13-9-6-10-14-16)23(21(18)31)35-15-11-7-5-8-12-15;1-4-7-10-8(19)5-6-9(20)11(10)12-13(16-7)17(2)15(22)18(3)14(12)21;7-6-4-2-1-3-5-6/h5-14H,4H2,1-3H3;5-6H,4H2,1-3H3;1-5,7H. The molecule has 0 fully saturated rings. The second-order valence-electron chi connectivity index (χ2n) is 14.7. The van der Waals surface area contributed by atoms with Crippen molar-refractivity contribution in [1.82, 2.24) is 28.2 Å². The predicted molar refractivity (Wildman–Crippen MR) is 255 cm³/mol. The third-order valence-corrected chi connectivity index (χ3v) is 13.3. The predicted octanol–water partition coefficient (Wildman–Crippen LogP) is 6.47. The number of nitrogens with zero attached hydrogens (tertiary/aromatic N) is 6. The number of carbonyl (C=O) groups excluding carboxylic acids is 4. The van der Waals surface area contributed by atoms with E-state index in [1.807, 2.05) is 97.9 Å². The van der Waals surface area contributed by atoms with E-state index in [0.29, 0.717) is 29.1 Å². The lowest BCUT2D eigenvalue weighted by Gasteiger charge is -2.24. The molecule has 0 bridgehead atoms. The zero-order chi connectivity index (χ0) is 46.9. The Balaban J connectivity index is 0.000000183. The van der Waals surface area contributed by atoms with Gasteiger partial charge in [-0.25, -0.2) is 19.6 Å². The summed E-state index contributed by atoms with van der Waals surface area (Å²) in [5, 5.41) is -0.000396. The highest BCUT2D eigenvalue weighted by Crippen LogP contribution is 2.45. The minimum absolute atomic E-state index is 0.0134. The normalized spacial score (nSPS) is 13.0. The Morgan fingerprint density at radius 1 is 0.477 bits per heavy atom. The molecule has 0 unspecified atom stereocenters. The van der Waals surface area contributed by atoms with Gasteiger partial charge in [-0.3, -0.25) is 47.0 Å². The number of hydrogen-bond acceptors (Lipinski definition) is 13. The maximum absolute atomic E-state index is 14.2. The Bertz CT molecular complexity index is 3450. The number of Topliss-reactive ketones (excluding diaryl/α,β-unsaturated/α-hetero) is 2. The molecule has 17 heteroatoms. The van der Waals surface area contributed by atoms with Gasteiger partial charge in [0.2, 0.25) is 11.6 Å². The molecule has 9 rings (SSSR count). The topological polar surface area (TPSA) is 182 Å². The number of allylic oxidation sites excluding steroid dienone is 4. The van der Waals surface area contributed by atoms with E-state index in [-0.39, 0.29) is 60.8 Å². The van der Waals surface area contributed by atoms with Crippen molar-refractivity contribution in [3.8, 4) is 0 Å². The third kappa shape index (κ3) is 8.57. The molecule has 3 aromatic carbocycles. The molecule has 328 valence electrons. The largest absolute Gasteiger partial charge is 0.332 e. The zero-order valence-corrected chi connectivity index (χ0v) is 38.5. The van der Waals surface area contributed by atoms with Crippen molar-refractivity contribution in [2.45, 2.75) is 41.4 Å². The van der Waals surface area contributed by atoms with Crippen molar-refractivity contribution in [1.29, 1.82) is 0 Å². The first-order valence-corrected chi connectivity index (χ1v) is 22.2. The number of ketones is 4. The number of rotatable bonds is 6. The summed E-state index contributed by atoms with van der Waals surface area (Å²) >= 11 is 6.51. The van der Waals surface area contributed by atoms with Gasteiger partial charge in [0.05, 0.1) is 54.2 Å². The van der Waals surface area contributed by atoms with E-state index in [1.165, 1.54) is 66.9 Å². The van der Waals surface area contributed by atoms with Gasteiger partial charge in [0.1, 0.15) is 11.3 Å². The number of thioether (sulfide) groups is 2. The number of thiol groups is 1. The number of benzene rings is 3. The van der Waals surface area contributed by atoms with E-state index < -0.39 is 34.1 Å². The lowest BCUT2D eigenvalue weighted by atomic mass is 9.90. The van der Waals surface area contributed by atoms with Crippen LogP contribution >= 0.6 is 36.2 Å². The quantitative estimate of drug-likeness (QED) is 0.180. The van der Waals surface area contributed by atoms with Gasteiger partial charge in [-0.15, -0.1) is 12.6 Å². The van der Waals surface area contributed by atoms with E-state index >= 15 is 0 Å². The second-order valence-corrected chi connectivity index (χ2v) is 17.4. The van der Waals surface area contributed by atoms with Gasteiger partial charge >= 0.3 is 11.4 Å². The maximum atomic E-state index is 14.2. The van der Waals surface area contributed by atoms with E-state index in [2.05, 4.69) is 22.6 Å². The molecule has 0 saturated carbocycles. The number of aromatic nitrogens is 6. The highest BCUT2D eigenvalue weighted by molar-refractivity contribution is 8.08. The van der Waals surface area contributed by atoms with Crippen molar-refractivity contribution < 1.29 is 19.2 Å². The Kier molecular flexibility index (Phi) is 13.5. The molecule has 0 radical (unpaired) electrons. The Morgan fingerprint density at radius 3 is 1.25 bits per heavy atom. The monoisotopic (exact) mass is 924 g/mol. The molecule has 0 saturated heterocycles. The number of carbonyl (C=O) groups is 4. The SMILES string of the molecule is CCc1nc2c(c3c1C(=O)C(Sc1ccccc1)=C(Sc1ccccc1)C3=O)c(=O)n(C)c(=O)n2C.CCc1nc2c(c3c1C(=O)C=CC3=O)c(=O)n(C)c(=O)n2C.Sc1ccccc1. The fraction of sp³-hybridized carbons (Fsp3) is 0.167. The number of hydrogen-bond donors (Lipinski definition) is 1. The molecule has 7 aromatic rings. The molecule has 65 heavy (non-hydrogen) atoms. The molecule has 4 aromatic heterocycles. The zero-order valence-electron chi connectivity index (χ0n) is 35.9. The molecule has 0 atom stereocenters. The summed E-state index contributed by atoms with van der Waals surface area (Å²) in [5.74, 6) is -1.54. The smallest absolute Gasteiger partial charge is 0.289 e. The molecule has 0 aliphatic heterocycles. The summed E-state index contributed by atoms with van der Waals surface area (Å²) in [7, 11) is 5.67. The summed E-state index contributed by atoms with van der Waals surface area (Å²) in [6, 6.07) is 28.5. The van der Waals surface area contributed by atoms with Crippen LogP contribution in [0.25, 0.3) is 22.1 Å². The van der Waals surface area contributed by atoms with Crippen LogP contribution < -0.4 is 22.5 Å². The third-order valence-electron chi connectivity index (χ3n) is 10.6. The molecule has 4 heterocycles. The van der Waals surface area contributed by atoms with E-state index in [0.717, 1.165) is 29.9 Å². The van der Waals surface area contributed by atoms with E-state index in [9.17, 15) is 38.4 Å². The van der Waals surface area contributed by atoms with Crippen molar-refractivity contribution in [3.63, 3.8) is 0 Å². The minimum Gasteiger partial charge on any atom is -0.289 e. The summed E-state index contributed by atoms with van der Waals surface area (Å²) in [6.07, 6.45) is 3.09. The molecule has 0 spiro atoms. The van der Waals surface area contributed by atoms with E-state index in [4.69, 9.17) is 0 Å². The molecule has 2 aliphatic rings. The minimum atomic E-state index is -0.649. The van der Waals surface area contributed by atoms with Crippen LogP contribution in [0.2, 0.25) is 0 Å². The van der Waals surface area contributed by atoms with Crippen LogP contribution in [0, 0.1) is 0 Å². The number of fused-ring (bicyclic) bond motifs is 6. The highest BCUT2D eigenvalue weighted by atomic mass is 32.2. The lowest BCUT2D eigenvalue weighted by Crippen LogP contribution is -2.39. The molecule has 0 amide bonds. The first-order chi connectivity index (χ1) is 31.1. The maximum Gasteiger partial charge on any atom is 0.332 e. The number of pyridine rings is 2. The van der Waals surface area contributed by atoms with Crippen molar-refractivity contribution in [2.24, 2.45) is 28.2 Å². The van der Waals surface area contributed by atoms with Gasteiger partial charge in [0.25, 0.3) is 11.1 Å². The van der Waals surface area contributed by atoms with Crippen molar-refractivity contribution in [3.05, 3.63) is 188 Å². The van der Waals surface area contributed by atoms with Gasteiger partial charge in [-0.2, -0.15) is 0 Å². The van der Waals surface area contributed by atoms with Crippen molar-refractivity contribution >= 4 is 81.4 Å². The lowest BCUT2D eigenvalue weighted by molar-refractivity contribution is 0.0988. The van der Waals surface area contributed by atoms with Gasteiger partial charge in [-0.05, 0) is 61.4 Å². The Morgan fingerprint density at radius 2 is 0.846 bits per heavy atom. The van der Waals surface area contributed by atoms with Crippen LogP contribution in [-0.2, 0) is 41.0 Å². The second kappa shape index (κ2) is 19.0. The van der Waals surface area contributed by atoms with Crippen LogP contribution in [-0.4, -0.2) is 51.4 Å². The molecular formula is C48H40N6O8S3. The highest BCUT2D eigenvalue weighted by Gasteiger charge is 2.39. The Hall–Kier alpha value is -6.95. The average Bonchev–Trinajstić information content (AvgIpc) is 3.32. The summed E-state index contributed by atoms with van der Waals surface area (Å²) in [6.45, 7) is 3.62. The molecular weight excluding hydrogens is 885 g/mol. The fourth-order valence-corrected chi connectivity index (χ4v) is 9.59. The van der Waals surface area contributed by atoms with Crippen molar-refractivity contribution in [2.75, 3.05) is 0 Å². The summed E-state index contributed by atoms with van der Waals surface area (Å²) in [5.41, 5.74) is -0.960. The van der Waals surface area contributed by atoms with Gasteiger partial charge in [0.15, 0.2) is 11.6 Å². The van der Waals surface area contributed by atoms with Gasteiger partial charge < -0.3 is 0 Å². The first kappa shape index (κ1) is 46.1. The van der Waals surface area contributed by atoms with Crippen LogP contribution in [0.3, 0.4) is 0 Å². The first-order valence-electron chi connectivity index (χ1n) is 20.2. The Labute approximate surface area is 384 Å². The van der Waals surface area contributed by atoms with Gasteiger partial charge in [0, 0.05) is 42.9 Å². The van der Waals surface area contributed by atoms with E-state index in [1.54, 1.807) is 6.92 Å². The van der Waals surface area contributed by atoms with Gasteiger partial charge in [-0.1, -0.05) is 92.0 Å². The van der Waals surface area contributed by atoms with Crippen LogP contribution in [0.4, 0.5) is 0 Å². The average molecular weight is 925 g/mol. The van der Waals surface area contributed by atoms with Crippen LogP contribution in [0.1, 0.15) is 66.7 Å².